The van der Waals surface area contributed by atoms with Crippen LogP contribution in [0, 0.1) is 94.8 Å². The second-order valence-electron chi connectivity index (χ2n) is 10.4. The van der Waals surface area contributed by atoms with Crippen LogP contribution < -0.4 is 18.9 Å². The molecular formula is C26H12N8O20. The molecule has 0 radical (unpaired) electrons. The monoisotopic (exact) mass is 756 g/mol. The van der Waals surface area contributed by atoms with E-state index in [0.717, 1.165) is 13.8 Å². The van der Waals surface area contributed by atoms with Gasteiger partial charge in [0.05, 0.1) is 39.4 Å². The number of rotatable bonds is 8. The van der Waals surface area contributed by atoms with Gasteiger partial charge in [0, 0.05) is 23.3 Å². The van der Waals surface area contributed by atoms with Crippen LogP contribution in [0.2, 0.25) is 0 Å². The first-order valence-corrected chi connectivity index (χ1v) is 13.8. The van der Waals surface area contributed by atoms with Crippen molar-refractivity contribution >= 4 is 45.5 Å². The zero-order valence-corrected chi connectivity index (χ0v) is 26.2. The molecule has 0 unspecified atom stereocenters. The third-order valence-corrected chi connectivity index (χ3v) is 7.34. The van der Waals surface area contributed by atoms with Gasteiger partial charge in [0.25, 0.3) is 0 Å². The van der Waals surface area contributed by atoms with Crippen molar-refractivity contribution in [3.63, 3.8) is 0 Å². The summed E-state index contributed by atoms with van der Waals surface area (Å²) in [6, 6.07) is 1.58. The normalized spacial score (nSPS) is 11.4. The summed E-state index contributed by atoms with van der Waals surface area (Å²) in [5.41, 5.74) is -11.8. The van der Waals surface area contributed by atoms with Crippen LogP contribution in [0.4, 0.5) is 45.5 Å². The number of hydrogen-bond donors (Lipinski definition) is 0. The summed E-state index contributed by atoms with van der Waals surface area (Å²) in [5, 5.41) is 96.8. The third-order valence-electron chi connectivity index (χ3n) is 7.34. The molecule has 0 saturated heterocycles. The highest BCUT2D eigenvalue weighted by atomic mass is 16.7. The van der Waals surface area contributed by atoms with Crippen molar-refractivity contribution in [3.8, 4) is 46.0 Å². The van der Waals surface area contributed by atoms with E-state index < -0.39 is 142 Å². The zero-order chi connectivity index (χ0) is 40.1. The van der Waals surface area contributed by atoms with E-state index in [1.807, 2.05) is 0 Å². The lowest BCUT2D eigenvalue weighted by Gasteiger charge is -2.17. The van der Waals surface area contributed by atoms with Gasteiger partial charge in [0.1, 0.15) is 24.3 Å². The minimum absolute atomic E-state index is 0.208. The summed E-state index contributed by atoms with van der Waals surface area (Å²) in [5.74, 6) is -8.84. The predicted molar refractivity (Wildman–Crippen MR) is 169 cm³/mol. The quantitative estimate of drug-likeness (QED) is 0.113. The van der Waals surface area contributed by atoms with Crippen LogP contribution in [0.15, 0.2) is 36.4 Å². The van der Waals surface area contributed by atoms with Gasteiger partial charge in [-0.2, -0.15) is 0 Å². The van der Waals surface area contributed by atoms with Crippen LogP contribution in [0.25, 0.3) is 0 Å². The van der Waals surface area contributed by atoms with E-state index in [-0.39, 0.29) is 24.3 Å². The van der Waals surface area contributed by atoms with E-state index in [2.05, 4.69) is 0 Å². The summed E-state index contributed by atoms with van der Waals surface area (Å²) < 4.78 is 21.9. The fourth-order valence-corrected chi connectivity index (χ4v) is 4.97. The number of benzene rings is 4. The van der Waals surface area contributed by atoms with Gasteiger partial charge >= 0.3 is 45.5 Å². The summed E-state index contributed by atoms with van der Waals surface area (Å²) >= 11 is 0. The molecule has 0 aliphatic carbocycles. The van der Waals surface area contributed by atoms with Crippen molar-refractivity contribution in [1.29, 1.82) is 0 Å². The van der Waals surface area contributed by atoms with Gasteiger partial charge in [0.2, 0.25) is 46.0 Å². The SMILES string of the molecule is Cc1c2c([N+](=O)[O-])cc([N+](=O)[O-])c1Oc1cc(c([N+](=O)[O-])cc1[N+](=O)[O-])Oc1c([N+](=O)[O-])cc([N+](=O)[O-])c(c1C)Oc1cc(c([N+](=O)[O-])cc1[N+](=O)[O-])O2. The molecule has 28 heteroatoms. The number of hydrogen-bond acceptors (Lipinski definition) is 20. The second kappa shape index (κ2) is 13.2. The largest absolute Gasteiger partial charge is 0.442 e. The fourth-order valence-electron chi connectivity index (χ4n) is 4.97. The second-order valence-corrected chi connectivity index (χ2v) is 10.4. The van der Waals surface area contributed by atoms with E-state index in [4.69, 9.17) is 18.9 Å². The molecule has 0 spiro atoms. The van der Waals surface area contributed by atoms with Crippen molar-refractivity contribution < 1.29 is 58.3 Å². The summed E-state index contributed by atoms with van der Waals surface area (Å²) in [6.07, 6.45) is 0. The Balaban J connectivity index is 2.04. The van der Waals surface area contributed by atoms with E-state index in [9.17, 15) is 80.9 Å². The number of ether oxygens (including phenoxy) is 4. The zero-order valence-electron chi connectivity index (χ0n) is 26.2. The molecule has 276 valence electrons. The average molecular weight is 756 g/mol. The first kappa shape index (κ1) is 36.6. The molecule has 0 saturated carbocycles. The highest BCUT2D eigenvalue weighted by Crippen LogP contribution is 2.54. The highest BCUT2D eigenvalue weighted by Gasteiger charge is 2.39. The molecule has 0 atom stereocenters. The molecule has 1 aliphatic heterocycles. The van der Waals surface area contributed by atoms with Crippen LogP contribution in [-0.4, -0.2) is 39.4 Å². The average Bonchev–Trinajstić information content (AvgIpc) is 3.06. The van der Waals surface area contributed by atoms with Crippen LogP contribution in [0.5, 0.6) is 46.0 Å². The van der Waals surface area contributed by atoms with Gasteiger partial charge in [-0.3, -0.25) is 80.9 Å². The molecule has 4 aromatic rings. The molecule has 0 aromatic heterocycles. The van der Waals surface area contributed by atoms with Crippen molar-refractivity contribution in [2.24, 2.45) is 0 Å². The lowest BCUT2D eigenvalue weighted by molar-refractivity contribution is -0.396. The Labute approximate surface area is 292 Å². The fraction of sp³-hybridized carbons (Fsp3) is 0.0769. The maximum Gasteiger partial charge on any atom is 0.319 e. The number of nitro benzene ring substituents is 8. The molecule has 1 aliphatic rings. The topological polar surface area (TPSA) is 382 Å². The Bertz CT molecular complexity index is 2150. The molecule has 4 aromatic carbocycles. The van der Waals surface area contributed by atoms with Gasteiger partial charge in [-0.15, -0.1) is 0 Å². The third kappa shape index (κ3) is 6.25. The Morgan fingerprint density at radius 2 is 0.481 bits per heavy atom. The van der Waals surface area contributed by atoms with Crippen LogP contribution in [-0.2, 0) is 0 Å². The maximum atomic E-state index is 12.1. The molecular weight excluding hydrogens is 744 g/mol. The van der Waals surface area contributed by atoms with Crippen LogP contribution >= 0.6 is 0 Å². The number of fused-ring (bicyclic) bond motifs is 8. The number of nitrogens with zero attached hydrogens (tertiary/aromatic N) is 8. The first-order chi connectivity index (χ1) is 25.2. The van der Waals surface area contributed by atoms with Gasteiger partial charge in [-0.1, -0.05) is 0 Å². The minimum Gasteiger partial charge on any atom is -0.442 e. The molecule has 0 fully saturated rings. The van der Waals surface area contributed by atoms with Crippen molar-refractivity contribution in [3.05, 3.63) is 128 Å². The van der Waals surface area contributed by atoms with Gasteiger partial charge in [-0.25, -0.2) is 0 Å². The molecule has 8 bridgehead atoms. The van der Waals surface area contributed by atoms with E-state index in [1.54, 1.807) is 0 Å². The van der Waals surface area contributed by atoms with Crippen LogP contribution in [0.1, 0.15) is 11.1 Å². The van der Waals surface area contributed by atoms with Crippen molar-refractivity contribution in [1.82, 2.24) is 0 Å². The highest BCUT2D eigenvalue weighted by molar-refractivity contribution is 5.74. The minimum atomic E-state index is -1.29. The summed E-state index contributed by atoms with van der Waals surface area (Å²) in [7, 11) is 0. The summed E-state index contributed by atoms with van der Waals surface area (Å²) in [6.45, 7) is 1.69. The smallest absolute Gasteiger partial charge is 0.319 e. The molecule has 0 N–H and O–H groups in total. The van der Waals surface area contributed by atoms with E-state index in [0.29, 0.717) is 12.1 Å². The van der Waals surface area contributed by atoms with Crippen molar-refractivity contribution in [2.75, 3.05) is 0 Å². The van der Waals surface area contributed by atoms with Crippen molar-refractivity contribution in [2.45, 2.75) is 13.8 Å². The van der Waals surface area contributed by atoms with Gasteiger partial charge in [-0.05, 0) is 13.8 Å². The first-order valence-electron chi connectivity index (χ1n) is 13.8. The Kier molecular flexibility index (Phi) is 8.93. The van der Waals surface area contributed by atoms with E-state index >= 15 is 0 Å². The van der Waals surface area contributed by atoms with Crippen LogP contribution in [0.3, 0.4) is 0 Å². The Morgan fingerprint density at radius 1 is 0.315 bits per heavy atom. The summed E-state index contributed by atoms with van der Waals surface area (Å²) in [4.78, 5) is 86.7. The molecule has 54 heavy (non-hydrogen) atoms. The Hall–Kier alpha value is -8.72. The molecule has 28 nitrogen and oxygen atoms in total. The number of nitro groups is 8. The maximum absolute atomic E-state index is 12.1. The molecule has 0 amide bonds. The van der Waals surface area contributed by atoms with Gasteiger partial charge < -0.3 is 18.9 Å². The molecule has 5 rings (SSSR count). The van der Waals surface area contributed by atoms with E-state index in [1.165, 1.54) is 0 Å². The standard InChI is InChI=1S/C26H12N8O20/c1-9-23-15(31(43)44)5-16(32(45)46)24(9)52-20-8-22(14(30(41)42)4-12(20)28(37)38)54-26-10(2)25(17(33(47)48)6-18(26)34(49)50)53-21-7-19(51-23)11(27(35)36)3-13(21)29(39)40/h3-8H,1-2H3. The Morgan fingerprint density at radius 3 is 0.648 bits per heavy atom. The lowest BCUT2D eigenvalue weighted by Crippen LogP contribution is -2.07. The van der Waals surface area contributed by atoms with Gasteiger partial charge in [0.15, 0.2) is 0 Å². The predicted octanol–water partition coefficient (Wildman–Crippen LogP) is 7.05. The molecule has 1 heterocycles. The lowest BCUT2D eigenvalue weighted by atomic mass is 10.1.